The van der Waals surface area contributed by atoms with Gasteiger partial charge in [-0.05, 0) is 240 Å². The van der Waals surface area contributed by atoms with Crippen LogP contribution in [0.5, 0.6) is 0 Å². The third kappa shape index (κ3) is 24.8. The number of hydrogen-bond acceptors (Lipinski definition) is 2. The van der Waals surface area contributed by atoms with Gasteiger partial charge >= 0.3 is 0 Å². The molecule has 0 aliphatic rings. The van der Waals surface area contributed by atoms with Crippen LogP contribution in [-0.2, 0) is 5.41 Å². The smallest absolute Gasteiger partial charge is 0.140 e. The molecule has 5 heteroatoms. The van der Waals surface area contributed by atoms with Crippen LogP contribution in [0, 0.1) is 90.0 Å². The van der Waals surface area contributed by atoms with Crippen molar-refractivity contribution >= 4 is 65.4 Å². The first kappa shape index (κ1) is 93.8. The topological polar surface area (TPSA) is 40.6 Å². The Kier molecular flexibility index (Phi) is 32.1. The van der Waals surface area contributed by atoms with Gasteiger partial charge in [-0.2, -0.15) is 0 Å². The summed E-state index contributed by atoms with van der Waals surface area (Å²) in [6.07, 6.45) is 0. The number of para-hydroxylation sites is 6. The Balaban J connectivity index is 0.000000131. The standard InChI is InChI=1S/C30H21N3.C18H14N2.3C13H12.C11H16.C10H14.2C9H12/c1-20-18-29(32-25-14-6-2-10-21(25)22-11-3-7-15-26(22)32)31-30(19-20)33-27-16-8-4-12-23(27)24-13-5-9-17-28(24)33;1-13-7-6-12-18(19-13)20-16-10-4-2-8-14(16)15-9-3-5-11-17(15)20;1-11-7-5-6-10-13(11)12-8-3-2-4-9-12;1-11-6-5-9-13(10-11)12-7-3-2-4-8-12;1-11-7-9-13(10-8-11)12-5-3-2-4-6-12;1-9-5-7-10(8-6-9)11(2,3)4;1-8(2)10-6-4-9(3)5-7-10;2*1-7-4-5-8(2)9(3)6-7/h2-19H,1H3;2-12H,1H3;3*2-10H,1H3;5-8H,1-4H3;4-8H,1-3H3;2*4-6H,1-3H3. The summed E-state index contributed by atoms with van der Waals surface area (Å²) in [4.78, 5) is 9.92. The van der Waals surface area contributed by atoms with Crippen molar-refractivity contribution in [3.05, 3.63) is 508 Å². The van der Waals surface area contributed by atoms with E-state index >= 15 is 0 Å². The van der Waals surface area contributed by atoms with Crippen molar-refractivity contribution < 1.29 is 0 Å². The molecule has 0 aliphatic heterocycles. The van der Waals surface area contributed by atoms with E-state index in [1.165, 1.54) is 177 Å². The number of rotatable bonds is 7. The van der Waals surface area contributed by atoms with Gasteiger partial charge in [0.1, 0.15) is 17.5 Å². The molecule has 0 amide bonds. The van der Waals surface area contributed by atoms with Crippen molar-refractivity contribution in [1.82, 2.24) is 23.7 Å². The van der Waals surface area contributed by atoms with Gasteiger partial charge in [0.15, 0.2) is 0 Å². The highest BCUT2D eigenvalue weighted by Crippen LogP contribution is 2.37. The molecule has 0 atom stereocenters. The van der Waals surface area contributed by atoms with Crippen molar-refractivity contribution in [1.29, 1.82) is 0 Å². The molecule has 654 valence electrons. The maximum absolute atomic E-state index is 5.24. The molecule has 5 nitrogen and oxygen atoms in total. The van der Waals surface area contributed by atoms with Crippen LogP contribution in [0.25, 0.3) is 116 Å². The van der Waals surface area contributed by atoms with E-state index in [-0.39, 0.29) is 5.41 Å². The Hall–Kier alpha value is -14.8. The first-order valence-corrected chi connectivity index (χ1v) is 45.8. The molecule has 131 heavy (non-hydrogen) atoms. The van der Waals surface area contributed by atoms with Crippen LogP contribution in [0.3, 0.4) is 0 Å². The zero-order valence-corrected chi connectivity index (χ0v) is 79.7. The minimum Gasteiger partial charge on any atom is -0.294 e. The van der Waals surface area contributed by atoms with Gasteiger partial charge < -0.3 is 0 Å². The molecule has 0 aliphatic carbocycles. The lowest BCUT2D eigenvalue weighted by Crippen LogP contribution is -2.10. The predicted octanol–water partition coefficient (Wildman–Crippen LogP) is 34.7. The highest BCUT2D eigenvalue weighted by atomic mass is 15.1. The summed E-state index contributed by atoms with van der Waals surface area (Å²) in [5.74, 6) is 3.50. The van der Waals surface area contributed by atoms with Crippen molar-refractivity contribution in [2.24, 2.45) is 0 Å². The number of hydrogen-bond donors (Lipinski definition) is 0. The summed E-state index contributed by atoms with van der Waals surface area (Å²) >= 11 is 0. The highest BCUT2D eigenvalue weighted by molar-refractivity contribution is 6.11. The first-order chi connectivity index (χ1) is 63.3. The molecule has 5 heterocycles. The highest BCUT2D eigenvalue weighted by Gasteiger charge is 2.19. The lowest BCUT2D eigenvalue weighted by Gasteiger charge is -2.18. The molecule has 0 fully saturated rings. The molecule has 5 aromatic heterocycles. The third-order valence-corrected chi connectivity index (χ3v) is 23.7. The molecule has 0 spiro atoms. The molecule has 0 bridgehead atoms. The van der Waals surface area contributed by atoms with E-state index in [1.54, 1.807) is 0 Å². The van der Waals surface area contributed by atoms with E-state index in [2.05, 4.69) is 537 Å². The van der Waals surface area contributed by atoms with Gasteiger partial charge in [0.25, 0.3) is 0 Å². The average Bonchev–Trinajstić information content (AvgIpc) is 1.56. The second-order valence-electron chi connectivity index (χ2n) is 35.6. The largest absolute Gasteiger partial charge is 0.294 e. The van der Waals surface area contributed by atoms with Crippen LogP contribution in [0.2, 0.25) is 0 Å². The fourth-order valence-corrected chi connectivity index (χ4v) is 16.2. The van der Waals surface area contributed by atoms with Crippen LogP contribution in [0.4, 0.5) is 0 Å². The van der Waals surface area contributed by atoms with E-state index in [4.69, 9.17) is 4.98 Å². The SMILES string of the molecule is Cc1cc(-n2c3ccccc3c3ccccc32)nc(-n2c3ccccc3c3ccccc32)c1.Cc1ccc(-c2ccccc2)cc1.Cc1ccc(C(C)(C)C)cc1.Cc1ccc(C(C)C)cc1.Cc1ccc(C)c(C)c1.Cc1ccc(C)c(C)c1.Cc1cccc(-c2ccccc2)c1.Cc1cccc(-n2c3ccccc3c3ccccc32)n1.Cc1ccccc1-c1ccccc1. The maximum Gasteiger partial charge on any atom is 0.140 e. The average molecular weight is 1710 g/mol. The lowest BCUT2D eigenvalue weighted by atomic mass is 9.87. The third-order valence-electron chi connectivity index (χ3n) is 23.7. The molecule has 0 saturated heterocycles. The number of pyridine rings is 2. The van der Waals surface area contributed by atoms with E-state index < -0.39 is 0 Å². The van der Waals surface area contributed by atoms with E-state index in [1.807, 2.05) is 31.2 Å². The number of nitrogens with zero attached hydrogens (tertiary/aromatic N) is 5. The summed E-state index contributed by atoms with van der Waals surface area (Å²) < 4.78 is 6.81. The van der Waals surface area contributed by atoms with Crippen molar-refractivity contribution in [3.63, 3.8) is 0 Å². The molecular weight excluding hydrogens is 1580 g/mol. The summed E-state index contributed by atoms with van der Waals surface area (Å²) in [6.45, 7) is 38.7. The fourth-order valence-electron chi connectivity index (χ4n) is 16.2. The van der Waals surface area contributed by atoms with Gasteiger partial charge in [-0.3, -0.25) is 13.7 Å². The predicted molar refractivity (Wildman–Crippen MR) is 567 cm³/mol. The van der Waals surface area contributed by atoms with Crippen LogP contribution < -0.4 is 0 Å². The zero-order chi connectivity index (χ0) is 92.5. The first-order valence-electron chi connectivity index (χ1n) is 45.8. The molecule has 0 saturated carbocycles. The van der Waals surface area contributed by atoms with Crippen LogP contribution >= 0.6 is 0 Å². The second kappa shape index (κ2) is 44.8. The van der Waals surface area contributed by atoms with Gasteiger partial charge in [-0.25, -0.2) is 9.97 Å². The van der Waals surface area contributed by atoms with Gasteiger partial charge in [-0.15, -0.1) is 0 Å². The van der Waals surface area contributed by atoms with E-state index in [0.717, 1.165) is 23.1 Å². The monoisotopic (exact) mass is 1710 g/mol. The summed E-state index contributed by atoms with van der Waals surface area (Å²) in [5, 5.41) is 7.52. The van der Waals surface area contributed by atoms with Crippen LogP contribution in [0.15, 0.2) is 425 Å². The number of aromatic nitrogens is 5. The van der Waals surface area contributed by atoms with E-state index in [0.29, 0.717) is 5.92 Å². The van der Waals surface area contributed by atoms with Crippen LogP contribution in [0.1, 0.15) is 124 Å². The van der Waals surface area contributed by atoms with Crippen molar-refractivity contribution in [2.45, 2.75) is 136 Å². The Morgan fingerprint density at radius 2 is 0.519 bits per heavy atom. The van der Waals surface area contributed by atoms with Crippen molar-refractivity contribution in [3.8, 4) is 50.8 Å². The van der Waals surface area contributed by atoms with Gasteiger partial charge in [0, 0.05) is 38.0 Å². The summed E-state index contributed by atoms with van der Waals surface area (Å²) in [5.41, 5.74) is 35.0. The summed E-state index contributed by atoms with van der Waals surface area (Å²) in [7, 11) is 0. The Morgan fingerprint density at radius 1 is 0.206 bits per heavy atom. The molecule has 16 aromatic carbocycles. The Labute approximate surface area is 778 Å². The molecule has 21 aromatic rings. The number of aryl methyl sites for hydroxylation is 13. The minimum atomic E-state index is 0.285. The lowest BCUT2D eigenvalue weighted by molar-refractivity contribution is 0.590. The van der Waals surface area contributed by atoms with Gasteiger partial charge in [0.2, 0.25) is 0 Å². The quantitative estimate of drug-likeness (QED) is 0.160. The fraction of sp³-hybridized carbons (Fsp3) is 0.159. The second-order valence-corrected chi connectivity index (χ2v) is 35.6. The number of fused-ring (bicyclic) bond motifs is 9. The Morgan fingerprint density at radius 3 is 0.885 bits per heavy atom. The van der Waals surface area contributed by atoms with Crippen LogP contribution in [-0.4, -0.2) is 23.7 Å². The van der Waals surface area contributed by atoms with Crippen molar-refractivity contribution in [2.75, 3.05) is 0 Å². The van der Waals surface area contributed by atoms with Gasteiger partial charge in [0.05, 0.1) is 33.1 Å². The molecule has 0 radical (unpaired) electrons. The van der Waals surface area contributed by atoms with Gasteiger partial charge in [-0.1, -0.05) is 432 Å². The molecule has 0 N–H and O–H groups in total. The molecule has 0 unspecified atom stereocenters. The molecule has 21 rings (SSSR count). The number of benzene rings is 16. The van der Waals surface area contributed by atoms with E-state index in [9.17, 15) is 0 Å². The Bertz CT molecular complexity index is 6920. The summed E-state index contributed by atoms with van der Waals surface area (Å²) in [6, 6.07) is 149. The minimum absolute atomic E-state index is 0.285. The zero-order valence-electron chi connectivity index (χ0n) is 79.7. The normalized spacial score (nSPS) is 10.7. The molecular formula is C126H125N5. The maximum atomic E-state index is 5.24.